The summed E-state index contributed by atoms with van der Waals surface area (Å²) in [7, 11) is 0. The summed E-state index contributed by atoms with van der Waals surface area (Å²) in [5.74, 6) is -0.267. The van der Waals surface area contributed by atoms with E-state index in [1.807, 2.05) is 0 Å². The standard InChI is InChI=1S/C19H21ClN2O4S/c1-3-26-19(25)17-13-6-4-11(2)8-14(13)27-18(17)21-15(23)10-22-9-12(20)5-7-16(22)24/h5,7,9,11H,3-4,6,8,10H2,1-2H3,(H,21,23). The third-order valence-corrected chi connectivity index (χ3v) is 5.90. The highest BCUT2D eigenvalue weighted by molar-refractivity contribution is 7.17. The molecule has 1 aliphatic rings. The van der Waals surface area contributed by atoms with Gasteiger partial charge in [0.1, 0.15) is 11.5 Å². The molecule has 1 N–H and O–H groups in total. The van der Waals surface area contributed by atoms with E-state index in [1.54, 1.807) is 6.92 Å². The molecule has 3 rings (SSSR count). The van der Waals surface area contributed by atoms with E-state index in [-0.39, 0.29) is 18.7 Å². The normalized spacial score (nSPS) is 15.9. The van der Waals surface area contributed by atoms with Gasteiger partial charge in [-0.2, -0.15) is 0 Å². The number of thiophene rings is 1. The number of pyridine rings is 1. The highest BCUT2D eigenvalue weighted by Crippen LogP contribution is 2.40. The molecule has 0 spiro atoms. The molecule has 0 aliphatic heterocycles. The van der Waals surface area contributed by atoms with Crippen LogP contribution in [-0.4, -0.2) is 23.1 Å². The largest absolute Gasteiger partial charge is 0.462 e. The molecular weight excluding hydrogens is 388 g/mol. The molecule has 2 heterocycles. The minimum Gasteiger partial charge on any atom is -0.462 e. The van der Waals surface area contributed by atoms with E-state index < -0.39 is 11.9 Å². The van der Waals surface area contributed by atoms with Gasteiger partial charge >= 0.3 is 5.97 Å². The lowest BCUT2D eigenvalue weighted by Crippen LogP contribution is -2.27. The van der Waals surface area contributed by atoms with E-state index in [1.165, 1.54) is 34.2 Å². The van der Waals surface area contributed by atoms with Crippen LogP contribution in [0.5, 0.6) is 0 Å². The Morgan fingerprint density at radius 3 is 2.93 bits per heavy atom. The molecule has 0 fully saturated rings. The van der Waals surface area contributed by atoms with Crippen LogP contribution in [0.4, 0.5) is 5.00 Å². The van der Waals surface area contributed by atoms with E-state index in [0.29, 0.717) is 21.5 Å². The van der Waals surface area contributed by atoms with Gasteiger partial charge < -0.3 is 14.6 Å². The second-order valence-corrected chi connectivity index (χ2v) is 8.18. The van der Waals surface area contributed by atoms with Gasteiger partial charge in [0.2, 0.25) is 5.91 Å². The van der Waals surface area contributed by atoms with Crippen molar-refractivity contribution < 1.29 is 14.3 Å². The zero-order valence-electron chi connectivity index (χ0n) is 15.2. The summed E-state index contributed by atoms with van der Waals surface area (Å²) in [5, 5.41) is 3.66. The van der Waals surface area contributed by atoms with Gasteiger partial charge in [-0.15, -0.1) is 11.3 Å². The SMILES string of the molecule is CCOC(=O)c1c(NC(=O)Cn2cc(Cl)ccc2=O)sc2c1CCC(C)C2. The van der Waals surface area contributed by atoms with Crippen molar-refractivity contribution >= 4 is 39.8 Å². The third-order valence-electron chi connectivity index (χ3n) is 4.51. The summed E-state index contributed by atoms with van der Waals surface area (Å²) in [4.78, 5) is 38.0. The molecule has 0 saturated carbocycles. The number of anilines is 1. The molecule has 2 aromatic heterocycles. The molecule has 1 aliphatic carbocycles. The van der Waals surface area contributed by atoms with E-state index >= 15 is 0 Å². The van der Waals surface area contributed by atoms with Gasteiger partial charge in [0.15, 0.2) is 0 Å². The fourth-order valence-electron chi connectivity index (χ4n) is 3.20. The Bertz CT molecular complexity index is 934. The first-order valence-corrected chi connectivity index (χ1v) is 10.1. The number of nitrogens with zero attached hydrogens (tertiary/aromatic N) is 1. The van der Waals surface area contributed by atoms with Crippen molar-refractivity contribution in [3.05, 3.63) is 49.7 Å². The third kappa shape index (κ3) is 4.42. The number of rotatable bonds is 5. The second kappa shape index (κ2) is 8.27. The van der Waals surface area contributed by atoms with Gasteiger partial charge in [-0.05, 0) is 43.7 Å². The number of halogens is 1. The van der Waals surface area contributed by atoms with Crippen molar-refractivity contribution in [2.75, 3.05) is 11.9 Å². The Morgan fingerprint density at radius 2 is 2.19 bits per heavy atom. The summed E-state index contributed by atoms with van der Waals surface area (Å²) in [5.41, 5.74) is 1.11. The fraction of sp³-hybridized carbons (Fsp3) is 0.421. The number of aromatic nitrogens is 1. The van der Waals surface area contributed by atoms with E-state index in [9.17, 15) is 14.4 Å². The van der Waals surface area contributed by atoms with Gasteiger partial charge in [-0.3, -0.25) is 9.59 Å². The average molecular weight is 409 g/mol. The zero-order chi connectivity index (χ0) is 19.6. The number of ether oxygens (including phenoxy) is 1. The highest BCUT2D eigenvalue weighted by Gasteiger charge is 2.29. The van der Waals surface area contributed by atoms with Crippen LogP contribution in [0.25, 0.3) is 0 Å². The first kappa shape index (κ1) is 19.6. The highest BCUT2D eigenvalue weighted by atomic mass is 35.5. The fourth-order valence-corrected chi connectivity index (χ4v) is 4.80. The van der Waals surface area contributed by atoms with Crippen LogP contribution in [-0.2, 0) is 28.9 Å². The number of carbonyl (C=O) groups excluding carboxylic acids is 2. The van der Waals surface area contributed by atoms with Crippen molar-refractivity contribution in [2.24, 2.45) is 5.92 Å². The van der Waals surface area contributed by atoms with Crippen molar-refractivity contribution in [3.63, 3.8) is 0 Å². The maximum atomic E-state index is 12.5. The Labute approximate surface area is 166 Å². The molecule has 6 nitrogen and oxygen atoms in total. The first-order valence-electron chi connectivity index (χ1n) is 8.86. The Balaban J connectivity index is 1.87. The topological polar surface area (TPSA) is 77.4 Å². The molecule has 0 aromatic carbocycles. The molecule has 0 radical (unpaired) electrons. The van der Waals surface area contributed by atoms with Crippen LogP contribution in [0.3, 0.4) is 0 Å². The van der Waals surface area contributed by atoms with E-state index in [0.717, 1.165) is 29.7 Å². The Hall–Kier alpha value is -2.12. The molecular formula is C19H21ClN2O4S. The quantitative estimate of drug-likeness (QED) is 0.768. The summed E-state index contributed by atoms with van der Waals surface area (Å²) >= 11 is 7.31. The monoisotopic (exact) mass is 408 g/mol. The van der Waals surface area contributed by atoms with Crippen molar-refractivity contribution in [1.29, 1.82) is 0 Å². The Kier molecular flexibility index (Phi) is 6.01. The van der Waals surface area contributed by atoms with Crippen molar-refractivity contribution in [3.8, 4) is 0 Å². The summed E-state index contributed by atoms with van der Waals surface area (Å²) in [6.07, 6.45) is 4.10. The lowest BCUT2D eigenvalue weighted by molar-refractivity contribution is -0.116. The van der Waals surface area contributed by atoms with Gasteiger partial charge in [-0.25, -0.2) is 4.79 Å². The van der Waals surface area contributed by atoms with Crippen LogP contribution >= 0.6 is 22.9 Å². The van der Waals surface area contributed by atoms with Gasteiger partial charge in [0, 0.05) is 17.1 Å². The van der Waals surface area contributed by atoms with Gasteiger partial charge in [0.25, 0.3) is 5.56 Å². The lowest BCUT2D eigenvalue weighted by Gasteiger charge is -2.18. The van der Waals surface area contributed by atoms with Gasteiger partial charge in [0.05, 0.1) is 17.2 Å². The van der Waals surface area contributed by atoms with Crippen molar-refractivity contribution in [2.45, 2.75) is 39.7 Å². The molecule has 0 saturated heterocycles. The summed E-state index contributed by atoms with van der Waals surface area (Å²) < 4.78 is 6.43. The maximum Gasteiger partial charge on any atom is 0.341 e. The van der Waals surface area contributed by atoms with E-state index in [4.69, 9.17) is 16.3 Å². The molecule has 27 heavy (non-hydrogen) atoms. The number of carbonyl (C=O) groups is 2. The lowest BCUT2D eigenvalue weighted by atomic mass is 9.88. The predicted molar refractivity (Wildman–Crippen MR) is 106 cm³/mol. The molecule has 2 aromatic rings. The van der Waals surface area contributed by atoms with E-state index in [2.05, 4.69) is 12.2 Å². The molecule has 0 bridgehead atoms. The number of fused-ring (bicyclic) bond motifs is 1. The summed E-state index contributed by atoms with van der Waals surface area (Å²) in [6.45, 7) is 4.02. The Morgan fingerprint density at radius 1 is 1.41 bits per heavy atom. The van der Waals surface area contributed by atoms with Crippen LogP contribution in [0.1, 0.15) is 41.1 Å². The molecule has 1 amide bonds. The van der Waals surface area contributed by atoms with Gasteiger partial charge in [-0.1, -0.05) is 18.5 Å². The number of hydrogen-bond acceptors (Lipinski definition) is 5. The average Bonchev–Trinajstić information content (AvgIpc) is 2.95. The predicted octanol–water partition coefficient (Wildman–Crippen LogP) is 3.50. The summed E-state index contributed by atoms with van der Waals surface area (Å²) in [6, 6.07) is 2.79. The minimum atomic E-state index is -0.417. The number of esters is 1. The molecule has 1 unspecified atom stereocenters. The smallest absolute Gasteiger partial charge is 0.341 e. The van der Waals surface area contributed by atoms with Crippen LogP contribution in [0.2, 0.25) is 5.02 Å². The first-order chi connectivity index (χ1) is 12.9. The number of hydrogen-bond donors (Lipinski definition) is 1. The van der Waals surface area contributed by atoms with Crippen molar-refractivity contribution in [1.82, 2.24) is 4.57 Å². The van der Waals surface area contributed by atoms with Crippen LogP contribution in [0, 0.1) is 5.92 Å². The van der Waals surface area contributed by atoms with Crippen LogP contribution < -0.4 is 10.9 Å². The molecule has 144 valence electrons. The number of amides is 1. The zero-order valence-corrected chi connectivity index (χ0v) is 16.8. The number of nitrogens with one attached hydrogen (secondary N) is 1. The second-order valence-electron chi connectivity index (χ2n) is 6.64. The molecule has 1 atom stereocenters. The minimum absolute atomic E-state index is 0.180. The molecule has 8 heteroatoms. The van der Waals surface area contributed by atoms with Crippen LogP contribution in [0.15, 0.2) is 23.1 Å². The maximum absolute atomic E-state index is 12.5.